The predicted molar refractivity (Wildman–Crippen MR) is 99.5 cm³/mol. The van der Waals surface area contributed by atoms with Gasteiger partial charge in [0.05, 0.1) is 33.0 Å². The molecule has 0 aromatic rings. The maximum atomic E-state index is 9.25. The molecule has 164 valence electrons. The molecule has 8 N–H and O–H groups in total. The molecule has 0 rings (SSSR count). The first-order valence-electron chi connectivity index (χ1n) is 7.47. The smallest absolute Gasteiger partial charge is 0.327 e. The summed E-state index contributed by atoms with van der Waals surface area (Å²) in [6.45, 7) is 8.09. The molecule has 11 nitrogen and oxygen atoms in total. The van der Waals surface area contributed by atoms with Gasteiger partial charge in [-0.15, -0.1) is 0 Å². The third-order valence-electron chi connectivity index (χ3n) is 3.41. The molecule has 0 atom stereocenters. The van der Waals surface area contributed by atoms with E-state index in [1.807, 2.05) is 0 Å². The Kier molecular flexibility index (Phi) is 22.7. The molecule has 0 saturated carbocycles. The molecule has 28 heavy (non-hydrogen) atoms. The fourth-order valence-electron chi connectivity index (χ4n) is 1.11. The SMILES string of the molecule is C=CC(=O)O.C=CC(=O)O.C=CC(=O)O.CC(CO)(CO)C(CO)(CO)CO. The van der Waals surface area contributed by atoms with Crippen LogP contribution < -0.4 is 0 Å². The topological polar surface area (TPSA) is 213 Å². The van der Waals surface area contributed by atoms with Crippen LogP contribution in [0.15, 0.2) is 38.0 Å². The summed E-state index contributed by atoms with van der Waals surface area (Å²) >= 11 is 0. The van der Waals surface area contributed by atoms with Gasteiger partial charge in [-0.3, -0.25) is 0 Å². The van der Waals surface area contributed by atoms with Gasteiger partial charge in [-0.05, 0) is 0 Å². The summed E-state index contributed by atoms with van der Waals surface area (Å²) in [5.41, 5.74) is -2.35. The Bertz CT molecular complexity index is 426. The molecule has 0 aliphatic carbocycles. The van der Waals surface area contributed by atoms with Crippen molar-refractivity contribution in [2.75, 3.05) is 33.0 Å². The van der Waals surface area contributed by atoms with Crippen LogP contribution in [-0.2, 0) is 14.4 Å². The lowest BCUT2D eigenvalue weighted by atomic mass is 9.66. The lowest BCUT2D eigenvalue weighted by molar-refractivity contribution is -0.132. The van der Waals surface area contributed by atoms with E-state index in [-0.39, 0.29) is 0 Å². The van der Waals surface area contributed by atoms with Crippen molar-refractivity contribution in [1.82, 2.24) is 0 Å². The average molecular weight is 410 g/mol. The molecule has 0 aliphatic rings. The van der Waals surface area contributed by atoms with E-state index in [1.54, 1.807) is 0 Å². The van der Waals surface area contributed by atoms with E-state index < -0.39 is 61.8 Å². The van der Waals surface area contributed by atoms with Crippen LogP contribution in [0.1, 0.15) is 6.92 Å². The average Bonchev–Trinajstić information content (AvgIpc) is 2.70. The number of aliphatic hydroxyl groups is 5. The Hall–Kier alpha value is -2.57. The number of rotatable bonds is 9. The highest BCUT2D eigenvalue weighted by molar-refractivity contribution is 5.79. The van der Waals surface area contributed by atoms with Gasteiger partial charge in [0.2, 0.25) is 0 Å². The van der Waals surface area contributed by atoms with Crippen LogP contribution in [-0.4, -0.2) is 91.8 Å². The van der Waals surface area contributed by atoms with Crippen LogP contribution >= 0.6 is 0 Å². The third kappa shape index (κ3) is 15.7. The van der Waals surface area contributed by atoms with E-state index >= 15 is 0 Å². The third-order valence-corrected chi connectivity index (χ3v) is 3.41. The summed E-state index contributed by atoms with van der Waals surface area (Å²) in [4.78, 5) is 27.8. The minimum Gasteiger partial charge on any atom is -0.478 e. The monoisotopic (exact) mass is 410 g/mol. The first-order valence-corrected chi connectivity index (χ1v) is 7.47. The van der Waals surface area contributed by atoms with Crippen LogP contribution in [0.25, 0.3) is 0 Å². The molecule has 11 heteroatoms. The number of hydrogen-bond donors (Lipinski definition) is 8. The van der Waals surface area contributed by atoms with E-state index in [4.69, 9.17) is 40.9 Å². The van der Waals surface area contributed by atoms with Crippen LogP contribution in [0.2, 0.25) is 0 Å². The molecule has 0 unspecified atom stereocenters. The summed E-state index contributed by atoms with van der Waals surface area (Å²) in [7, 11) is 0. The van der Waals surface area contributed by atoms with Crippen molar-refractivity contribution in [1.29, 1.82) is 0 Å². The quantitative estimate of drug-likeness (QED) is 0.209. The minimum atomic E-state index is -1.25. The highest BCUT2D eigenvalue weighted by Crippen LogP contribution is 2.37. The van der Waals surface area contributed by atoms with Crippen LogP contribution in [0, 0.1) is 10.8 Å². The summed E-state index contributed by atoms with van der Waals surface area (Å²) in [5, 5.41) is 68.0. The minimum absolute atomic E-state index is 0.412. The molecule has 0 heterocycles. The first-order chi connectivity index (χ1) is 12.9. The highest BCUT2D eigenvalue weighted by Gasteiger charge is 2.46. The number of carboxylic acids is 3. The van der Waals surface area contributed by atoms with Gasteiger partial charge in [0, 0.05) is 29.1 Å². The van der Waals surface area contributed by atoms with Gasteiger partial charge in [0.1, 0.15) is 0 Å². The Balaban J connectivity index is -0.000000159. The van der Waals surface area contributed by atoms with Gasteiger partial charge in [-0.2, -0.15) is 0 Å². The molecule has 0 spiro atoms. The molecule has 0 aliphatic heterocycles. The largest absolute Gasteiger partial charge is 0.478 e. The molecule has 0 aromatic heterocycles. The number of aliphatic hydroxyl groups excluding tert-OH is 5. The van der Waals surface area contributed by atoms with Gasteiger partial charge in [-0.1, -0.05) is 26.7 Å². The number of carboxylic acid groups (broad SMARTS) is 3. The van der Waals surface area contributed by atoms with E-state index in [1.165, 1.54) is 6.92 Å². The molecule has 0 aromatic carbocycles. The Morgan fingerprint density at radius 3 is 0.857 bits per heavy atom. The van der Waals surface area contributed by atoms with Crippen molar-refractivity contribution >= 4 is 17.9 Å². The molecule has 0 saturated heterocycles. The Morgan fingerprint density at radius 1 is 0.643 bits per heavy atom. The zero-order chi connectivity index (χ0) is 23.4. The Labute approximate surface area is 162 Å². The fraction of sp³-hybridized carbons (Fsp3) is 0.471. The van der Waals surface area contributed by atoms with Gasteiger partial charge in [0.15, 0.2) is 0 Å². The fourth-order valence-corrected chi connectivity index (χ4v) is 1.11. The second-order valence-electron chi connectivity index (χ2n) is 5.26. The van der Waals surface area contributed by atoms with Crippen LogP contribution in [0.4, 0.5) is 0 Å². The number of hydrogen-bond acceptors (Lipinski definition) is 8. The highest BCUT2D eigenvalue weighted by atomic mass is 16.4. The van der Waals surface area contributed by atoms with Crippen molar-refractivity contribution in [3.63, 3.8) is 0 Å². The molecule has 0 bridgehead atoms. The number of carbonyl (C=O) groups is 3. The summed E-state index contributed by atoms with van der Waals surface area (Å²) in [6.07, 6.45) is 2.50. The van der Waals surface area contributed by atoms with E-state index in [0.717, 1.165) is 18.2 Å². The van der Waals surface area contributed by atoms with Crippen molar-refractivity contribution in [2.24, 2.45) is 10.8 Å². The van der Waals surface area contributed by atoms with Crippen LogP contribution in [0.3, 0.4) is 0 Å². The van der Waals surface area contributed by atoms with Crippen molar-refractivity contribution in [2.45, 2.75) is 6.92 Å². The summed E-state index contributed by atoms with van der Waals surface area (Å²) in [5.74, 6) is -2.94. The van der Waals surface area contributed by atoms with E-state index in [0.29, 0.717) is 0 Å². The second-order valence-corrected chi connectivity index (χ2v) is 5.26. The maximum absolute atomic E-state index is 9.25. The standard InChI is InChI=1S/C8H18O5.3C3H4O2/c1-7(2-9,3-10)8(4-11,5-12)6-13;3*1-2-3(4)5/h9-13H,2-6H2,1H3;3*2H,1H2,(H,4,5). The molecule has 0 amide bonds. The normalized spacial score (nSPS) is 9.64. The molecule has 0 radical (unpaired) electrons. The summed E-state index contributed by atoms with van der Waals surface area (Å²) < 4.78 is 0. The zero-order valence-corrected chi connectivity index (χ0v) is 15.7. The first kappa shape index (κ1) is 33.0. The molecular weight excluding hydrogens is 380 g/mol. The van der Waals surface area contributed by atoms with Crippen molar-refractivity contribution in [3.05, 3.63) is 38.0 Å². The van der Waals surface area contributed by atoms with E-state index in [2.05, 4.69) is 19.7 Å². The van der Waals surface area contributed by atoms with Crippen molar-refractivity contribution < 1.29 is 55.2 Å². The zero-order valence-electron chi connectivity index (χ0n) is 15.7. The van der Waals surface area contributed by atoms with Crippen molar-refractivity contribution in [3.8, 4) is 0 Å². The molecule has 0 fully saturated rings. The second kappa shape index (κ2) is 19.2. The lowest BCUT2D eigenvalue weighted by Crippen LogP contribution is -2.52. The summed E-state index contributed by atoms with van der Waals surface area (Å²) in [6, 6.07) is 0. The number of aliphatic carboxylic acids is 3. The lowest BCUT2D eigenvalue weighted by Gasteiger charge is -2.43. The van der Waals surface area contributed by atoms with Gasteiger partial charge < -0.3 is 40.9 Å². The van der Waals surface area contributed by atoms with Gasteiger partial charge in [-0.25, -0.2) is 14.4 Å². The van der Waals surface area contributed by atoms with Gasteiger partial charge in [0.25, 0.3) is 0 Å². The van der Waals surface area contributed by atoms with Gasteiger partial charge >= 0.3 is 17.9 Å². The Morgan fingerprint density at radius 2 is 0.821 bits per heavy atom. The van der Waals surface area contributed by atoms with E-state index in [9.17, 15) is 14.4 Å². The predicted octanol–water partition coefficient (Wildman–Crippen LogP) is -1.29. The van der Waals surface area contributed by atoms with Crippen LogP contribution in [0.5, 0.6) is 0 Å². The molecular formula is C17H30O11. The maximum Gasteiger partial charge on any atom is 0.327 e.